The van der Waals surface area contributed by atoms with E-state index in [4.69, 9.17) is 13.6 Å². The first-order valence-electron chi connectivity index (χ1n) is 7.17. The van der Waals surface area contributed by atoms with Crippen LogP contribution in [0, 0.1) is 5.82 Å². The molecule has 0 aromatic heterocycles. The smallest absolute Gasteiger partial charge is 0.386 e. The van der Waals surface area contributed by atoms with Crippen molar-refractivity contribution < 1.29 is 22.5 Å². The molecule has 0 atom stereocenters. The third-order valence-electron chi connectivity index (χ3n) is 2.95. The van der Waals surface area contributed by atoms with E-state index in [2.05, 4.69) is 0 Å². The molecule has 3 aromatic rings. The van der Waals surface area contributed by atoms with E-state index >= 15 is 0 Å². The highest BCUT2D eigenvalue weighted by atomic mass is 31.2. The van der Waals surface area contributed by atoms with Crippen molar-refractivity contribution in [3.05, 3.63) is 90.7 Å². The van der Waals surface area contributed by atoms with E-state index in [0.717, 1.165) is 0 Å². The molecule has 6 heteroatoms. The summed E-state index contributed by atoms with van der Waals surface area (Å²) in [6.45, 7) is 0. The van der Waals surface area contributed by atoms with Crippen LogP contribution in [0.1, 0.15) is 0 Å². The molecule has 0 amide bonds. The molecule has 0 saturated carbocycles. The van der Waals surface area contributed by atoms with E-state index < -0.39 is 13.6 Å². The number of phosphoric ester groups is 1. The second kappa shape index (κ2) is 7.20. The van der Waals surface area contributed by atoms with Crippen LogP contribution in [0.15, 0.2) is 84.9 Å². The largest absolute Gasteiger partial charge is 0.647 e. The number of halogens is 1. The quantitative estimate of drug-likeness (QED) is 0.556. The number of hydrogen-bond donors (Lipinski definition) is 0. The van der Waals surface area contributed by atoms with Gasteiger partial charge in [-0.25, -0.2) is 4.39 Å². The SMILES string of the molecule is O=P(Oc1ccccc1)(Oc1ccccc1)Oc1ccc(F)cc1. The summed E-state index contributed by atoms with van der Waals surface area (Å²) in [6, 6.07) is 22.2. The Kier molecular flexibility index (Phi) is 4.82. The molecule has 3 rings (SSSR count). The third kappa shape index (κ3) is 4.37. The summed E-state index contributed by atoms with van der Waals surface area (Å²) in [5.41, 5.74) is 0. The van der Waals surface area contributed by atoms with E-state index in [-0.39, 0.29) is 5.75 Å². The Hall–Kier alpha value is -2.78. The van der Waals surface area contributed by atoms with Crippen molar-refractivity contribution in [2.45, 2.75) is 0 Å². The predicted molar refractivity (Wildman–Crippen MR) is 88.8 cm³/mol. The van der Waals surface area contributed by atoms with Gasteiger partial charge >= 0.3 is 7.82 Å². The highest BCUT2D eigenvalue weighted by Crippen LogP contribution is 2.49. The second-order valence-corrected chi connectivity index (χ2v) is 6.24. The van der Waals surface area contributed by atoms with Crippen molar-refractivity contribution in [3.8, 4) is 17.2 Å². The Morgan fingerprint density at radius 3 is 1.38 bits per heavy atom. The molecule has 0 bridgehead atoms. The topological polar surface area (TPSA) is 44.8 Å². The summed E-state index contributed by atoms with van der Waals surface area (Å²) in [7, 11) is -4.02. The maximum Gasteiger partial charge on any atom is 0.647 e. The van der Waals surface area contributed by atoms with Gasteiger partial charge < -0.3 is 13.6 Å². The number of benzene rings is 3. The van der Waals surface area contributed by atoms with Crippen molar-refractivity contribution in [3.63, 3.8) is 0 Å². The fourth-order valence-corrected chi connectivity index (χ4v) is 3.15. The molecule has 0 saturated heterocycles. The minimum atomic E-state index is -4.02. The molecule has 0 heterocycles. The minimum absolute atomic E-state index is 0.173. The van der Waals surface area contributed by atoms with Gasteiger partial charge in [-0.2, -0.15) is 4.57 Å². The van der Waals surface area contributed by atoms with Gasteiger partial charge in [-0.15, -0.1) is 0 Å². The van der Waals surface area contributed by atoms with Crippen LogP contribution in [-0.2, 0) is 4.57 Å². The van der Waals surface area contributed by atoms with E-state index in [1.165, 1.54) is 24.3 Å². The average Bonchev–Trinajstić information content (AvgIpc) is 2.58. The normalized spacial score (nSPS) is 10.9. The molecule has 0 fully saturated rings. The lowest BCUT2D eigenvalue weighted by molar-refractivity contribution is 0.298. The minimum Gasteiger partial charge on any atom is -0.386 e. The van der Waals surface area contributed by atoms with Crippen LogP contribution in [0.5, 0.6) is 17.2 Å². The lowest BCUT2D eigenvalue weighted by atomic mass is 10.3. The molecule has 0 spiro atoms. The summed E-state index contributed by atoms with van der Waals surface area (Å²) >= 11 is 0. The molecule has 3 aromatic carbocycles. The molecule has 0 aliphatic carbocycles. The lowest BCUT2D eigenvalue weighted by Crippen LogP contribution is -2.07. The predicted octanol–water partition coefficient (Wildman–Crippen LogP) is 5.47. The molecule has 0 N–H and O–H groups in total. The summed E-state index contributed by atoms with van der Waals surface area (Å²) in [4.78, 5) is 0. The third-order valence-corrected chi connectivity index (χ3v) is 4.25. The maximum absolute atomic E-state index is 13.0. The number of phosphoric acid groups is 1. The summed E-state index contributed by atoms with van der Waals surface area (Å²) in [5.74, 6) is 0.412. The summed E-state index contributed by atoms with van der Waals surface area (Å²) < 4.78 is 42.4. The van der Waals surface area contributed by atoms with Crippen molar-refractivity contribution in [1.29, 1.82) is 0 Å². The van der Waals surface area contributed by atoms with Crippen molar-refractivity contribution in [2.75, 3.05) is 0 Å². The number of rotatable bonds is 6. The first kappa shape index (κ1) is 16.1. The van der Waals surface area contributed by atoms with Crippen LogP contribution in [-0.4, -0.2) is 0 Å². The highest BCUT2D eigenvalue weighted by molar-refractivity contribution is 7.49. The second-order valence-electron chi connectivity index (χ2n) is 4.80. The van der Waals surface area contributed by atoms with E-state index in [1.807, 2.05) is 0 Å². The number of hydrogen-bond acceptors (Lipinski definition) is 4. The summed E-state index contributed by atoms with van der Waals surface area (Å²) in [6.07, 6.45) is 0. The zero-order valence-corrected chi connectivity index (χ0v) is 13.4. The molecular weight excluding hydrogens is 330 g/mol. The fraction of sp³-hybridized carbons (Fsp3) is 0. The van der Waals surface area contributed by atoms with Gasteiger partial charge in [-0.1, -0.05) is 36.4 Å². The maximum atomic E-state index is 13.0. The molecule has 0 radical (unpaired) electrons. The first-order valence-corrected chi connectivity index (χ1v) is 8.63. The zero-order valence-electron chi connectivity index (χ0n) is 12.5. The van der Waals surface area contributed by atoms with Crippen LogP contribution < -0.4 is 13.6 Å². The zero-order chi connectivity index (χ0) is 16.8. The Morgan fingerprint density at radius 2 is 0.958 bits per heavy atom. The van der Waals surface area contributed by atoms with Crippen LogP contribution >= 0.6 is 7.82 Å². The molecule has 122 valence electrons. The molecule has 24 heavy (non-hydrogen) atoms. The van der Waals surface area contributed by atoms with Gasteiger partial charge in [0.15, 0.2) is 0 Å². The first-order chi connectivity index (χ1) is 11.6. The lowest BCUT2D eigenvalue weighted by Gasteiger charge is -2.19. The highest BCUT2D eigenvalue weighted by Gasteiger charge is 2.33. The van der Waals surface area contributed by atoms with Crippen molar-refractivity contribution in [1.82, 2.24) is 0 Å². The van der Waals surface area contributed by atoms with Crippen LogP contribution in [0.3, 0.4) is 0 Å². The Bertz CT molecular complexity index is 777. The van der Waals surface area contributed by atoms with Crippen molar-refractivity contribution in [2.24, 2.45) is 0 Å². The van der Waals surface area contributed by atoms with Gasteiger partial charge in [0, 0.05) is 0 Å². The van der Waals surface area contributed by atoms with Gasteiger partial charge in [0.2, 0.25) is 0 Å². The van der Waals surface area contributed by atoms with E-state index in [0.29, 0.717) is 11.5 Å². The van der Waals surface area contributed by atoms with Crippen LogP contribution in [0.2, 0.25) is 0 Å². The van der Waals surface area contributed by atoms with Gasteiger partial charge in [0.05, 0.1) is 0 Å². The molecule has 0 aliphatic heterocycles. The molecule has 4 nitrogen and oxygen atoms in total. The van der Waals surface area contributed by atoms with Gasteiger partial charge in [0.25, 0.3) is 0 Å². The molecule has 0 unspecified atom stereocenters. The standard InChI is InChI=1S/C18H14FO4P/c19-15-11-13-18(14-12-15)23-24(20,21-16-7-3-1-4-8-16)22-17-9-5-2-6-10-17/h1-14H. The monoisotopic (exact) mass is 344 g/mol. The Labute approximate surface area is 139 Å². The van der Waals surface area contributed by atoms with E-state index in [1.54, 1.807) is 60.7 Å². The van der Waals surface area contributed by atoms with Gasteiger partial charge in [-0.05, 0) is 48.5 Å². The van der Waals surface area contributed by atoms with Crippen molar-refractivity contribution >= 4 is 7.82 Å². The summed E-state index contributed by atoms with van der Waals surface area (Å²) in [5, 5.41) is 0. The Morgan fingerprint density at radius 1 is 0.583 bits per heavy atom. The average molecular weight is 344 g/mol. The van der Waals surface area contributed by atoms with Crippen LogP contribution in [0.25, 0.3) is 0 Å². The molecule has 0 aliphatic rings. The van der Waals surface area contributed by atoms with Crippen LogP contribution in [0.4, 0.5) is 4.39 Å². The fourth-order valence-electron chi connectivity index (χ4n) is 1.90. The van der Waals surface area contributed by atoms with Gasteiger partial charge in [0.1, 0.15) is 23.1 Å². The number of para-hydroxylation sites is 2. The van der Waals surface area contributed by atoms with Gasteiger partial charge in [-0.3, -0.25) is 0 Å². The Balaban J connectivity index is 1.87. The van der Waals surface area contributed by atoms with E-state index in [9.17, 15) is 8.96 Å². The molecular formula is C18H14FO4P.